The predicted molar refractivity (Wildman–Crippen MR) is 62.1 cm³/mol. The van der Waals surface area contributed by atoms with Crippen molar-refractivity contribution >= 4 is 0 Å². The van der Waals surface area contributed by atoms with Crippen LogP contribution in [0.4, 0.5) is 8.78 Å². The normalized spacial score (nSPS) is 19.5. The second kappa shape index (κ2) is 5.96. The summed E-state index contributed by atoms with van der Waals surface area (Å²) in [4.78, 5) is 0. The average molecular weight is 241 g/mol. The van der Waals surface area contributed by atoms with Crippen LogP contribution in [0.1, 0.15) is 25.7 Å². The van der Waals surface area contributed by atoms with Crippen molar-refractivity contribution in [2.24, 2.45) is 0 Å². The first-order valence-electron chi connectivity index (χ1n) is 6.07. The number of rotatable bonds is 5. The van der Waals surface area contributed by atoms with Crippen molar-refractivity contribution in [3.05, 3.63) is 29.8 Å². The Morgan fingerprint density at radius 2 is 2.24 bits per heavy atom. The maximum Gasteiger partial charge on any atom is 0.200 e. The Kier molecular flexibility index (Phi) is 4.31. The Balaban J connectivity index is 1.72. The second-order valence-corrected chi connectivity index (χ2v) is 4.34. The molecule has 0 spiro atoms. The molecular formula is C13H17F2NO. The fourth-order valence-corrected chi connectivity index (χ4v) is 2.11. The molecule has 17 heavy (non-hydrogen) atoms. The summed E-state index contributed by atoms with van der Waals surface area (Å²) in [5, 5.41) is 3.39. The fourth-order valence-electron chi connectivity index (χ4n) is 2.11. The van der Waals surface area contributed by atoms with E-state index in [1.807, 2.05) is 0 Å². The molecule has 0 bridgehead atoms. The minimum atomic E-state index is -0.897. The van der Waals surface area contributed by atoms with Gasteiger partial charge in [-0.3, -0.25) is 0 Å². The van der Waals surface area contributed by atoms with Crippen LogP contribution in [-0.2, 0) is 0 Å². The van der Waals surface area contributed by atoms with Crippen LogP contribution < -0.4 is 10.1 Å². The third-order valence-corrected chi connectivity index (χ3v) is 3.03. The number of hydrogen-bond donors (Lipinski definition) is 1. The van der Waals surface area contributed by atoms with Crippen LogP contribution in [0, 0.1) is 11.6 Å². The van der Waals surface area contributed by atoms with Gasteiger partial charge >= 0.3 is 0 Å². The lowest BCUT2D eigenvalue weighted by Crippen LogP contribution is -2.21. The van der Waals surface area contributed by atoms with Crippen molar-refractivity contribution < 1.29 is 13.5 Å². The van der Waals surface area contributed by atoms with Crippen molar-refractivity contribution in [2.45, 2.75) is 31.7 Å². The van der Waals surface area contributed by atoms with Crippen LogP contribution in [0.25, 0.3) is 0 Å². The number of ether oxygens (including phenoxy) is 1. The Morgan fingerprint density at radius 3 is 3.00 bits per heavy atom. The van der Waals surface area contributed by atoms with E-state index in [0.717, 1.165) is 25.5 Å². The number of nitrogens with one attached hydrogen (secondary N) is 1. The first-order chi connectivity index (χ1) is 8.27. The molecule has 2 rings (SSSR count). The highest BCUT2D eigenvalue weighted by Gasteiger charge is 2.13. The van der Waals surface area contributed by atoms with Gasteiger partial charge in [0, 0.05) is 6.04 Å². The van der Waals surface area contributed by atoms with Crippen molar-refractivity contribution in [2.75, 3.05) is 13.2 Å². The smallest absolute Gasteiger partial charge is 0.200 e. The van der Waals surface area contributed by atoms with Gasteiger partial charge in [-0.05, 0) is 44.4 Å². The fraction of sp³-hybridized carbons (Fsp3) is 0.538. The van der Waals surface area contributed by atoms with E-state index in [2.05, 4.69) is 5.32 Å². The lowest BCUT2D eigenvalue weighted by atomic mass is 10.1. The van der Waals surface area contributed by atoms with E-state index in [-0.39, 0.29) is 5.75 Å². The monoisotopic (exact) mass is 241 g/mol. The molecule has 0 radical (unpaired) electrons. The number of hydrogen-bond acceptors (Lipinski definition) is 2. The average Bonchev–Trinajstić information content (AvgIpc) is 2.83. The number of halogens is 2. The molecule has 1 saturated heterocycles. The Hall–Kier alpha value is -1.16. The molecular weight excluding hydrogens is 224 g/mol. The van der Waals surface area contributed by atoms with Gasteiger partial charge in [0.15, 0.2) is 11.6 Å². The standard InChI is InChI=1S/C13H17F2NO/c14-11-6-1-7-12(13(11)15)17-9-3-5-10-4-2-8-16-10/h1,6-7,10,16H,2-5,8-9H2. The van der Waals surface area contributed by atoms with Crippen LogP contribution >= 0.6 is 0 Å². The maximum atomic E-state index is 13.2. The lowest BCUT2D eigenvalue weighted by Gasteiger charge is -2.11. The first-order valence-corrected chi connectivity index (χ1v) is 6.07. The molecule has 2 nitrogen and oxygen atoms in total. The molecule has 1 fully saturated rings. The molecule has 1 aliphatic heterocycles. The molecule has 0 aromatic heterocycles. The van der Waals surface area contributed by atoms with Crippen molar-refractivity contribution in [3.63, 3.8) is 0 Å². The summed E-state index contributed by atoms with van der Waals surface area (Å²) in [7, 11) is 0. The second-order valence-electron chi connectivity index (χ2n) is 4.34. The van der Waals surface area contributed by atoms with Gasteiger partial charge in [-0.1, -0.05) is 6.07 Å². The third-order valence-electron chi connectivity index (χ3n) is 3.03. The summed E-state index contributed by atoms with van der Waals surface area (Å²) in [5.74, 6) is -1.75. The number of benzene rings is 1. The molecule has 1 atom stereocenters. The summed E-state index contributed by atoms with van der Waals surface area (Å²) in [6.45, 7) is 1.52. The summed E-state index contributed by atoms with van der Waals surface area (Å²) >= 11 is 0. The van der Waals surface area contributed by atoms with E-state index in [0.29, 0.717) is 12.6 Å². The van der Waals surface area contributed by atoms with Gasteiger partial charge in [0.05, 0.1) is 6.61 Å². The summed E-state index contributed by atoms with van der Waals surface area (Å²) < 4.78 is 31.3. The van der Waals surface area contributed by atoms with Crippen LogP contribution in [0.15, 0.2) is 18.2 Å². The van der Waals surface area contributed by atoms with E-state index in [1.165, 1.54) is 25.0 Å². The summed E-state index contributed by atoms with van der Waals surface area (Å²) in [6.07, 6.45) is 4.31. The minimum Gasteiger partial charge on any atom is -0.490 e. The van der Waals surface area contributed by atoms with Crippen molar-refractivity contribution in [1.82, 2.24) is 5.32 Å². The topological polar surface area (TPSA) is 21.3 Å². The quantitative estimate of drug-likeness (QED) is 0.800. The summed E-state index contributed by atoms with van der Waals surface area (Å²) in [6, 6.07) is 4.55. The predicted octanol–water partition coefficient (Wildman–Crippen LogP) is 2.88. The Morgan fingerprint density at radius 1 is 1.35 bits per heavy atom. The van der Waals surface area contributed by atoms with E-state index in [1.54, 1.807) is 0 Å². The van der Waals surface area contributed by atoms with E-state index in [4.69, 9.17) is 4.74 Å². The largest absolute Gasteiger partial charge is 0.490 e. The van der Waals surface area contributed by atoms with Gasteiger partial charge in [-0.2, -0.15) is 4.39 Å². The molecule has 0 amide bonds. The zero-order chi connectivity index (χ0) is 12.1. The van der Waals surface area contributed by atoms with Gasteiger partial charge in [-0.15, -0.1) is 0 Å². The molecule has 1 aliphatic rings. The molecule has 1 unspecified atom stereocenters. The summed E-state index contributed by atoms with van der Waals surface area (Å²) in [5.41, 5.74) is 0. The zero-order valence-electron chi connectivity index (χ0n) is 9.72. The van der Waals surface area contributed by atoms with Gasteiger partial charge in [0.2, 0.25) is 5.82 Å². The van der Waals surface area contributed by atoms with Gasteiger partial charge in [0.1, 0.15) is 0 Å². The van der Waals surface area contributed by atoms with E-state index in [9.17, 15) is 8.78 Å². The molecule has 1 aromatic carbocycles. The first kappa shape index (κ1) is 12.3. The van der Waals surface area contributed by atoms with Gasteiger partial charge < -0.3 is 10.1 Å². The van der Waals surface area contributed by atoms with E-state index < -0.39 is 11.6 Å². The van der Waals surface area contributed by atoms with Crippen LogP contribution in [0.2, 0.25) is 0 Å². The molecule has 94 valence electrons. The zero-order valence-corrected chi connectivity index (χ0v) is 9.72. The molecule has 0 aliphatic carbocycles. The molecule has 0 saturated carbocycles. The third kappa shape index (κ3) is 3.40. The van der Waals surface area contributed by atoms with Gasteiger partial charge in [-0.25, -0.2) is 4.39 Å². The molecule has 4 heteroatoms. The highest BCUT2D eigenvalue weighted by Crippen LogP contribution is 2.19. The Bertz CT molecular complexity index is 364. The molecule has 1 aromatic rings. The van der Waals surface area contributed by atoms with Crippen LogP contribution in [-0.4, -0.2) is 19.2 Å². The van der Waals surface area contributed by atoms with Crippen molar-refractivity contribution in [1.29, 1.82) is 0 Å². The lowest BCUT2D eigenvalue weighted by molar-refractivity contribution is 0.280. The minimum absolute atomic E-state index is 0.00406. The van der Waals surface area contributed by atoms with Gasteiger partial charge in [0.25, 0.3) is 0 Å². The highest BCUT2D eigenvalue weighted by atomic mass is 19.2. The van der Waals surface area contributed by atoms with Crippen LogP contribution in [0.5, 0.6) is 5.75 Å². The Labute approximate surface area is 100.0 Å². The SMILES string of the molecule is Fc1cccc(OCCCC2CCCN2)c1F. The maximum absolute atomic E-state index is 13.2. The molecule has 1 heterocycles. The highest BCUT2D eigenvalue weighted by molar-refractivity contribution is 5.24. The van der Waals surface area contributed by atoms with Crippen molar-refractivity contribution in [3.8, 4) is 5.75 Å². The molecule has 1 N–H and O–H groups in total. The van der Waals surface area contributed by atoms with E-state index >= 15 is 0 Å². The van der Waals surface area contributed by atoms with Crippen LogP contribution in [0.3, 0.4) is 0 Å².